The smallest absolute Gasteiger partial charge is 0.307 e. The van der Waals surface area contributed by atoms with Gasteiger partial charge in [0.25, 0.3) is 0 Å². The lowest BCUT2D eigenvalue weighted by Crippen LogP contribution is -2.26. The molecule has 5 nitrogen and oxygen atoms in total. The van der Waals surface area contributed by atoms with E-state index in [9.17, 15) is 14.7 Å². The summed E-state index contributed by atoms with van der Waals surface area (Å²) in [4.78, 5) is 23.1. The highest BCUT2D eigenvalue weighted by atomic mass is 16.5. The molecule has 112 valence electrons. The number of aromatic hydroxyl groups is 1. The van der Waals surface area contributed by atoms with Gasteiger partial charge in [0.2, 0.25) is 0 Å². The van der Waals surface area contributed by atoms with E-state index in [-0.39, 0.29) is 41.8 Å². The minimum absolute atomic E-state index is 0.101. The summed E-state index contributed by atoms with van der Waals surface area (Å²) in [5.41, 5.74) is 0.564. The second-order valence-electron chi connectivity index (χ2n) is 5.05. The third-order valence-corrected chi connectivity index (χ3v) is 3.26. The van der Waals surface area contributed by atoms with Crippen molar-refractivity contribution in [3.05, 3.63) is 35.4 Å². The number of ketones is 1. The van der Waals surface area contributed by atoms with E-state index in [2.05, 4.69) is 6.92 Å². The third kappa shape index (κ3) is 3.62. The first-order chi connectivity index (χ1) is 10.0. The van der Waals surface area contributed by atoms with Crippen molar-refractivity contribution in [2.75, 3.05) is 0 Å². The van der Waals surface area contributed by atoms with Crippen LogP contribution in [0.2, 0.25) is 0 Å². The molecule has 2 N–H and O–H groups in total. The second kappa shape index (κ2) is 6.43. The minimum Gasteiger partial charge on any atom is -0.508 e. The number of fused-ring (bicyclic) bond motifs is 1. The maximum Gasteiger partial charge on any atom is 0.307 e. The number of phenols is 1. The van der Waals surface area contributed by atoms with Crippen LogP contribution in [0.1, 0.15) is 42.1 Å². The molecule has 0 fully saturated rings. The summed E-state index contributed by atoms with van der Waals surface area (Å²) in [7, 11) is 0. The SMILES string of the molecule is CCCC=C[C@@H]1CC(=O)c2c(CC(=O)O)cc(O)cc2O1. The van der Waals surface area contributed by atoms with Crippen molar-refractivity contribution in [2.45, 2.75) is 38.7 Å². The number of carbonyl (C=O) groups is 2. The molecule has 1 aliphatic heterocycles. The van der Waals surface area contributed by atoms with Gasteiger partial charge in [0.15, 0.2) is 5.78 Å². The van der Waals surface area contributed by atoms with Gasteiger partial charge >= 0.3 is 5.97 Å². The molecule has 0 aromatic heterocycles. The number of phenolic OH excluding ortho intramolecular Hbond substituents is 1. The number of Topliss-reactive ketones (excluding diaryl/α,β-unsaturated/α-hetero) is 1. The molecular formula is C16H18O5. The zero-order chi connectivity index (χ0) is 15.4. The molecule has 1 aromatic carbocycles. The van der Waals surface area contributed by atoms with Gasteiger partial charge in [-0.2, -0.15) is 0 Å². The van der Waals surface area contributed by atoms with Crippen LogP contribution in [0, 0.1) is 0 Å². The second-order valence-corrected chi connectivity index (χ2v) is 5.05. The van der Waals surface area contributed by atoms with Gasteiger partial charge in [-0.25, -0.2) is 0 Å². The fourth-order valence-corrected chi connectivity index (χ4v) is 2.38. The number of carboxylic acids is 1. The first kappa shape index (κ1) is 15.1. The summed E-state index contributed by atoms with van der Waals surface area (Å²) in [6.07, 6.45) is 5.22. The van der Waals surface area contributed by atoms with Crippen molar-refractivity contribution < 1.29 is 24.5 Å². The first-order valence-electron chi connectivity index (χ1n) is 6.95. The van der Waals surface area contributed by atoms with E-state index in [1.54, 1.807) is 0 Å². The van der Waals surface area contributed by atoms with Gasteiger partial charge in [0.05, 0.1) is 18.4 Å². The molecule has 0 saturated carbocycles. The summed E-state index contributed by atoms with van der Waals surface area (Å²) in [6, 6.07) is 2.67. The average Bonchev–Trinajstić information content (AvgIpc) is 2.37. The van der Waals surface area contributed by atoms with Crippen LogP contribution in [0.25, 0.3) is 0 Å². The molecule has 0 saturated heterocycles. The highest BCUT2D eigenvalue weighted by Gasteiger charge is 2.28. The predicted molar refractivity (Wildman–Crippen MR) is 76.9 cm³/mol. The quantitative estimate of drug-likeness (QED) is 0.815. The lowest BCUT2D eigenvalue weighted by molar-refractivity contribution is -0.136. The molecule has 2 rings (SSSR count). The number of hydrogen-bond acceptors (Lipinski definition) is 4. The van der Waals surface area contributed by atoms with E-state index in [4.69, 9.17) is 9.84 Å². The molecule has 1 atom stereocenters. The highest BCUT2D eigenvalue weighted by Crippen LogP contribution is 2.34. The molecule has 0 bridgehead atoms. The normalized spacial score (nSPS) is 17.6. The van der Waals surface area contributed by atoms with Gasteiger partial charge in [0, 0.05) is 6.07 Å². The van der Waals surface area contributed by atoms with Gasteiger partial charge in [-0.15, -0.1) is 0 Å². The van der Waals surface area contributed by atoms with Crippen LogP contribution in [-0.4, -0.2) is 28.1 Å². The van der Waals surface area contributed by atoms with Crippen molar-refractivity contribution in [1.82, 2.24) is 0 Å². The Morgan fingerprint density at radius 3 is 2.90 bits per heavy atom. The Balaban J connectivity index is 2.32. The lowest BCUT2D eigenvalue weighted by atomic mass is 9.93. The zero-order valence-electron chi connectivity index (χ0n) is 11.8. The molecule has 0 radical (unpaired) electrons. The van der Waals surface area contributed by atoms with E-state index in [0.29, 0.717) is 5.56 Å². The van der Waals surface area contributed by atoms with Crippen molar-refractivity contribution in [3.8, 4) is 11.5 Å². The van der Waals surface area contributed by atoms with Crippen LogP contribution in [0.3, 0.4) is 0 Å². The Hall–Kier alpha value is -2.30. The highest BCUT2D eigenvalue weighted by molar-refractivity contribution is 6.02. The first-order valence-corrected chi connectivity index (χ1v) is 6.95. The standard InChI is InChI=1S/C16H18O5/c1-2-3-4-5-12-9-13(18)16-10(7-15(19)20)6-11(17)8-14(16)21-12/h4-6,8,12,17H,2-3,7,9H2,1H3,(H,19,20)/t12-/m1/s1. The molecule has 21 heavy (non-hydrogen) atoms. The number of hydrogen-bond donors (Lipinski definition) is 2. The minimum atomic E-state index is -1.06. The third-order valence-electron chi connectivity index (χ3n) is 3.26. The molecular weight excluding hydrogens is 272 g/mol. The molecule has 1 heterocycles. The maximum absolute atomic E-state index is 12.3. The van der Waals surface area contributed by atoms with Gasteiger partial charge in [-0.05, 0) is 24.1 Å². The molecule has 1 aliphatic rings. The van der Waals surface area contributed by atoms with E-state index in [0.717, 1.165) is 12.8 Å². The summed E-state index contributed by atoms with van der Waals surface area (Å²) in [6.45, 7) is 2.06. The monoisotopic (exact) mass is 290 g/mol. The van der Waals surface area contributed by atoms with Crippen LogP contribution < -0.4 is 4.74 Å². The number of rotatable bonds is 5. The molecule has 0 aliphatic carbocycles. The Labute approximate surface area is 122 Å². The van der Waals surface area contributed by atoms with Gasteiger partial charge in [-0.1, -0.05) is 19.4 Å². The summed E-state index contributed by atoms with van der Waals surface area (Å²) in [5.74, 6) is -1.05. The Kier molecular flexibility index (Phi) is 4.62. The fraction of sp³-hybridized carbons (Fsp3) is 0.375. The molecule has 0 spiro atoms. The van der Waals surface area contributed by atoms with Crippen LogP contribution >= 0.6 is 0 Å². The topological polar surface area (TPSA) is 83.8 Å². The van der Waals surface area contributed by atoms with Crippen molar-refractivity contribution in [3.63, 3.8) is 0 Å². The number of carbonyl (C=O) groups excluding carboxylic acids is 1. The van der Waals surface area contributed by atoms with E-state index >= 15 is 0 Å². The molecule has 0 amide bonds. The average molecular weight is 290 g/mol. The van der Waals surface area contributed by atoms with Gasteiger partial charge in [-0.3, -0.25) is 9.59 Å². The predicted octanol–water partition coefficient (Wildman–Crippen LogP) is 2.71. The van der Waals surface area contributed by atoms with E-state index in [1.807, 2.05) is 12.2 Å². The van der Waals surface area contributed by atoms with Gasteiger partial charge < -0.3 is 14.9 Å². The summed E-state index contributed by atoms with van der Waals surface area (Å²) >= 11 is 0. The maximum atomic E-state index is 12.3. The van der Waals surface area contributed by atoms with Crippen molar-refractivity contribution in [1.29, 1.82) is 0 Å². The fourth-order valence-electron chi connectivity index (χ4n) is 2.38. The van der Waals surface area contributed by atoms with E-state index < -0.39 is 5.97 Å². The lowest BCUT2D eigenvalue weighted by Gasteiger charge is -2.25. The zero-order valence-corrected chi connectivity index (χ0v) is 11.8. The van der Waals surface area contributed by atoms with Crippen molar-refractivity contribution in [2.24, 2.45) is 0 Å². The number of unbranched alkanes of at least 4 members (excludes halogenated alkanes) is 1. The number of ether oxygens (including phenoxy) is 1. The van der Waals surface area contributed by atoms with Crippen molar-refractivity contribution >= 4 is 11.8 Å². The Morgan fingerprint density at radius 1 is 1.48 bits per heavy atom. The molecule has 5 heteroatoms. The number of carboxylic acid groups (broad SMARTS) is 1. The molecule has 1 aromatic rings. The van der Waals surface area contributed by atoms with Crippen LogP contribution in [0.5, 0.6) is 11.5 Å². The number of aliphatic carboxylic acids is 1. The summed E-state index contributed by atoms with van der Waals surface area (Å²) < 4.78 is 5.69. The Bertz CT molecular complexity index is 589. The van der Waals surface area contributed by atoms with Crippen LogP contribution in [0.15, 0.2) is 24.3 Å². The van der Waals surface area contributed by atoms with E-state index in [1.165, 1.54) is 12.1 Å². The Morgan fingerprint density at radius 2 is 2.24 bits per heavy atom. The number of allylic oxidation sites excluding steroid dienone is 1. The number of benzene rings is 1. The molecule has 0 unspecified atom stereocenters. The van der Waals surface area contributed by atoms with Crippen LogP contribution in [0.4, 0.5) is 0 Å². The summed E-state index contributed by atoms with van der Waals surface area (Å²) in [5, 5.41) is 18.6. The van der Waals surface area contributed by atoms with Crippen LogP contribution in [-0.2, 0) is 11.2 Å². The largest absolute Gasteiger partial charge is 0.508 e. The van der Waals surface area contributed by atoms with Gasteiger partial charge in [0.1, 0.15) is 17.6 Å².